The van der Waals surface area contributed by atoms with Crippen molar-refractivity contribution in [1.82, 2.24) is 20.1 Å². The molecule has 0 amide bonds. The molecule has 0 aliphatic carbocycles. The second kappa shape index (κ2) is 7.43. The molecular weight excluding hydrogens is 328 g/mol. The molecule has 136 valence electrons. The van der Waals surface area contributed by atoms with Crippen LogP contribution in [0, 0.1) is 5.92 Å². The quantitative estimate of drug-likeness (QED) is 0.740. The fourth-order valence-electron chi connectivity index (χ4n) is 3.72. The highest BCUT2D eigenvalue weighted by molar-refractivity contribution is 5.78. The normalized spacial score (nSPS) is 20.5. The molecule has 3 aromatic rings. The van der Waals surface area contributed by atoms with Gasteiger partial charge < -0.3 is 15.0 Å². The summed E-state index contributed by atoms with van der Waals surface area (Å²) in [6.07, 6.45) is 6.16. The fourth-order valence-corrected chi connectivity index (χ4v) is 3.72. The van der Waals surface area contributed by atoms with Crippen molar-refractivity contribution in [2.24, 2.45) is 13.0 Å². The van der Waals surface area contributed by atoms with Crippen molar-refractivity contribution < 1.29 is 4.74 Å². The van der Waals surface area contributed by atoms with E-state index in [1.165, 1.54) is 0 Å². The van der Waals surface area contributed by atoms with Crippen LogP contribution in [-0.4, -0.2) is 27.9 Å². The number of nitrogens with zero attached hydrogens (tertiary/aromatic N) is 2. The molecule has 1 aliphatic heterocycles. The van der Waals surface area contributed by atoms with Gasteiger partial charge in [-0.3, -0.25) is 9.48 Å². The molecule has 2 atom stereocenters. The molecule has 6 heteroatoms. The molecule has 0 saturated carbocycles. The summed E-state index contributed by atoms with van der Waals surface area (Å²) in [6, 6.07) is 9.82. The first-order valence-corrected chi connectivity index (χ1v) is 9.12. The number of aromatic amines is 1. The number of ether oxygens (including phenoxy) is 1. The van der Waals surface area contributed by atoms with Gasteiger partial charge in [0.1, 0.15) is 0 Å². The molecular formula is C20H24N4O2. The van der Waals surface area contributed by atoms with E-state index < -0.39 is 0 Å². The monoisotopic (exact) mass is 352 g/mol. The van der Waals surface area contributed by atoms with Gasteiger partial charge in [-0.05, 0) is 30.4 Å². The van der Waals surface area contributed by atoms with Crippen LogP contribution >= 0.6 is 0 Å². The second-order valence-corrected chi connectivity index (χ2v) is 6.98. The van der Waals surface area contributed by atoms with E-state index >= 15 is 0 Å². The molecule has 1 aliphatic rings. The first-order valence-electron chi connectivity index (χ1n) is 9.12. The molecule has 1 fully saturated rings. The van der Waals surface area contributed by atoms with E-state index in [9.17, 15) is 4.79 Å². The van der Waals surface area contributed by atoms with E-state index in [1.807, 2.05) is 54.5 Å². The largest absolute Gasteiger partial charge is 0.373 e. The maximum atomic E-state index is 12.3. The average molecular weight is 352 g/mol. The number of rotatable bonds is 5. The van der Waals surface area contributed by atoms with Crippen LogP contribution in [0.5, 0.6) is 0 Å². The van der Waals surface area contributed by atoms with E-state index in [4.69, 9.17) is 4.74 Å². The molecule has 3 heterocycles. The lowest BCUT2D eigenvalue weighted by Gasteiger charge is -2.31. The van der Waals surface area contributed by atoms with Crippen molar-refractivity contribution in [3.63, 3.8) is 0 Å². The predicted molar refractivity (Wildman–Crippen MR) is 101 cm³/mol. The van der Waals surface area contributed by atoms with Gasteiger partial charge >= 0.3 is 0 Å². The maximum Gasteiger partial charge on any atom is 0.252 e. The van der Waals surface area contributed by atoms with Crippen molar-refractivity contribution in [3.8, 4) is 0 Å². The van der Waals surface area contributed by atoms with Crippen molar-refractivity contribution in [2.75, 3.05) is 13.2 Å². The van der Waals surface area contributed by atoms with Crippen molar-refractivity contribution in [1.29, 1.82) is 0 Å². The molecule has 26 heavy (non-hydrogen) atoms. The molecule has 0 radical (unpaired) electrons. The number of hydrogen-bond donors (Lipinski definition) is 2. The topological polar surface area (TPSA) is 71.9 Å². The molecule has 6 nitrogen and oxygen atoms in total. The minimum atomic E-state index is -0.0279. The molecule has 2 aromatic heterocycles. The zero-order valence-electron chi connectivity index (χ0n) is 14.9. The third-order valence-corrected chi connectivity index (χ3v) is 5.05. The van der Waals surface area contributed by atoms with Crippen LogP contribution < -0.4 is 10.9 Å². The van der Waals surface area contributed by atoms with Crippen molar-refractivity contribution in [2.45, 2.75) is 25.5 Å². The summed E-state index contributed by atoms with van der Waals surface area (Å²) < 4.78 is 7.82. The Morgan fingerprint density at radius 1 is 1.38 bits per heavy atom. The number of H-pyrrole nitrogens is 1. The SMILES string of the molecule is Cn1cc([C@@H]2OCCC[C@H]2CNCc2cc3ccccc3[nH]c2=O)cn1. The molecule has 0 unspecified atom stereocenters. The Bertz CT molecular complexity index is 946. The third-order valence-electron chi connectivity index (χ3n) is 5.05. The summed E-state index contributed by atoms with van der Waals surface area (Å²) in [5.41, 5.74) is 2.74. The minimum Gasteiger partial charge on any atom is -0.373 e. The Labute approximate surface area is 152 Å². The molecule has 2 N–H and O–H groups in total. The van der Waals surface area contributed by atoms with E-state index in [2.05, 4.69) is 15.4 Å². The summed E-state index contributed by atoms with van der Waals surface area (Å²) in [4.78, 5) is 15.2. The number of aryl methyl sites for hydroxylation is 1. The van der Waals surface area contributed by atoms with Crippen LogP contribution in [-0.2, 0) is 18.3 Å². The van der Waals surface area contributed by atoms with Crippen LogP contribution in [0.3, 0.4) is 0 Å². The van der Waals surface area contributed by atoms with E-state index in [-0.39, 0.29) is 11.7 Å². The molecule has 4 rings (SSSR count). The number of para-hydroxylation sites is 1. The summed E-state index contributed by atoms with van der Waals surface area (Å²) in [7, 11) is 1.92. The number of benzene rings is 1. The van der Waals surface area contributed by atoms with Gasteiger partial charge in [0.25, 0.3) is 5.56 Å². The highest BCUT2D eigenvalue weighted by Gasteiger charge is 2.28. The second-order valence-electron chi connectivity index (χ2n) is 6.98. The number of aromatic nitrogens is 3. The highest BCUT2D eigenvalue weighted by atomic mass is 16.5. The first-order chi connectivity index (χ1) is 12.7. The number of pyridine rings is 1. The Kier molecular flexibility index (Phi) is 4.86. The van der Waals surface area contributed by atoms with Crippen molar-refractivity contribution in [3.05, 3.63) is 64.2 Å². The zero-order chi connectivity index (χ0) is 17.9. The van der Waals surface area contributed by atoms with Crippen molar-refractivity contribution >= 4 is 10.9 Å². The number of hydrogen-bond acceptors (Lipinski definition) is 4. The Morgan fingerprint density at radius 2 is 2.27 bits per heavy atom. The van der Waals surface area contributed by atoms with Gasteiger partial charge in [0.15, 0.2) is 0 Å². The lowest BCUT2D eigenvalue weighted by Crippen LogP contribution is -2.32. The predicted octanol–water partition coefficient (Wildman–Crippen LogP) is 2.52. The summed E-state index contributed by atoms with van der Waals surface area (Å²) >= 11 is 0. The van der Waals surface area contributed by atoms with Gasteiger partial charge in [0.05, 0.1) is 12.3 Å². The minimum absolute atomic E-state index is 0.0279. The van der Waals surface area contributed by atoms with E-state index in [0.717, 1.165) is 48.0 Å². The fraction of sp³-hybridized carbons (Fsp3) is 0.400. The average Bonchev–Trinajstić information content (AvgIpc) is 3.09. The van der Waals surface area contributed by atoms with Gasteiger partial charge in [-0.15, -0.1) is 0 Å². The summed E-state index contributed by atoms with van der Waals surface area (Å²) in [5, 5.41) is 8.78. The van der Waals surface area contributed by atoms with Crippen LogP contribution in [0.2, 0.25) is 0 Å². The third kappa shape index (κ3) is 3.57. The maximum absolute atomic E-state index is 12.3. The van der Waals surface area contributed by atoms with Gasteiger partial charge in [0.2, 0.25) is 0 Å². The van der Waals surface area contributed by atoms with Gasteiger partial charge in [0, 0.05) is 55.5 Å². The van der Waals surface area contributed by atoms with Crippen LogP contribution in [0.25, 0.3) is 10.9 Å². The Morgan fingerprint density at radius 3 is 3.12 bits per heavy atom. The van der Waals surface area contributed by atoms with E-state index in [0.29, 0.717) is 12.5 Å². The van der Waals surface area contributed by atoms with Gasteiger partial charge in [-0.2, -0.15) is 5.10 Å². The van der Waals surface area contributed by atoms with Gasteiger partial charge in [-0.25, -0.2) is 0 Å². The molecule has 1 aromatic carbocycles. The molecule has 1 saturated heterocycles. The number of fused-ring (bicyclic) bond motifs is 1. The van der Waals surface area contributed by atoms with E-state index in [1.54, 1.807) is 0 Å². The van der Waals surface area contributed by atoms with Gasteiger partial charge in [-0.1, -0.05) is 18.2 Å². The van der Waals surface area contributed by atoms with Crippen LogP contribution in [0.4, 0.5) is 0 Å². The Hall–Kier alpha value is -2.44. The first kappa shape index (κ1) is 17.0. The highest BCUT2D eigenvalue weighted by Crippen LogP contribution is 2.32. The summed E-state index contributed by atoms with van der Waals surface area (Å²) in [5.74, 6) is 0.382. The molecule has 0 spiro atoms. The lowest BCUT2D eigenvalue weighted by atomic mass is 9.91. The molecule has 0 bridgehead atoms. The van der Waals surface area contributed by atoms with Crippen LogP contribution in [0.15, 0.2) is 47.5 Å². The smallest absolute Gasteiger partial charge is 0.252 e. The standard InChI is InChI=1S/C20H24N4O2/c1-24-13-17(12-22-24)19-15(6-4-8-26-19)10-21-11-16-9-14-5-2-3-7-18(14)23-20(16)25/h2-3,5,7,9,12-13,15,19,21H,4,6,8,10-11H2,1H3,(H,23,25)/t15-,19+/m0/s1. The zero-order valence-corrected chi connectivity index (χ0v) is 14.9. The van der Waals surface area contributed by atoms with Crippen LogP contribution in [0.1, 0.15) is 30.1 Å². The number of nitrogens with one attached hydrogen (secondary N) is 2. The summed E-state index contributed by atoms with van der Waals surface area (Å²) in [6.45, 7) is 2.16. The lowest BCUT2D eigenvalue weighted by molar-refractivity contribution is -0.0279. The Balaban J connectivity index is 1.43.